The second-order valence-corrected chi connectivity index (χ2v) is 19.2. The van der Waals surface area contributed by atoms with Gasteiger partial charge in [-0.15, -0.1) is 5.11 Å². The van der Waals surface area contributed by atoms with E-state index in [9.17, 15) is 30.4 Å². The Balaban J connectivity index is 1.45. The lowest BCUT2D eigenvalue weighted by Gasteiger charge is -2.30. The number of hydrogen-bond acceptors (Lipinski definition) is 11. The predicted molar refractivity (Wildman–Crippen MR) is 206 cm³/mol. The van der Waals surface area contributed by atoms with E-state index in [0.29, 0.717) is 42.8 Å². The first kappa shape index (κ1) is 38.4. The smallest absolute Gasteiger partial charge is 0.264 e. The van der Waals surface area contributed by atoms with Crippen molar-refractivity contribution in [3.63, 3.8) is 0 Å². The average molecular weight is 785 g/mol. The summed E-state index contributed by atoms with van der Waals surface area (Å²) in [6, 6.07) is 15.4. The minimum Gasteiger partial charge on any atom is -0.506 e. The summed E-state index contributed by atoms with van der Waals surface area (Å²) in [6.07, 6.45) is 6.35. The van der Waals surface area contributed by atoms with Crippen LogP contribution in [0.4, 0.5) is 28.4 Å². The van der Waals surface area contributed by atoms with Crippen molar-refractivity contribution >= 4 is 69.3 Å². The number of ether oxygens (including phenoxy) is 1. The molecule has 0 aromatic heterocycles. The van der Waals surface area contributed by atoms with Gasteiger partial charge in [0, 0.05) is 32.6 Å². The topological polar surface area (TPSA) is 187 Å². The van der Waals surface area contributed by atoms with E-state index in [-0.39, 0.29) is 44.2 Å². The molecule has 0 radical (unpaired) electrons. The predicted octanol–water partition coefficient (Wildman–Crippen LogP) is 6.58. The van der Waals surface area contributed by atoms with Crippen LogP contribution in [0.25, 0.3) is 10.8 Å². The molecule has 1 aliphatic heterocycles. The van der Waals surface area contributed by atoms with Crippen LogP contribution >= 0.6 is 0 Å². The molecular formula is C36H44N6O8S3. The molecule has 0 spiro atoms. The standard InChI is InChI=1S/C36H44N6O8S3/c1-24-19-34(43)31(23-29(24)25-9-6-5-7-10-25)40-52(46,47)35-21-27(13-14-33(35)42-15-17-50-18-16-42)37-38-32-22-28(53(48,49)41(2)3)20-26-11-8-12-30(36(26)32)39-51(4,44)45/h8,11-14,19-23,25,39-40,43H,5-7,9-10,15-18H2,1-4H3. The number of benzene rings is 4. The van der Waals surface area contributed by atoms with Crippen molar-refractivity contribution in [3.05, 3.63) is 71.8 Å². The summed E-state index contributed by atoms with van der Waals surface area (Å²) in [5.41, 5.74) is 2.71. The number of aryl methyl sites for hydroxylation is 1. The van der Waals surface area contributed by atoms with Gasteiger partial charge in [-0.1, -0.05) is 31.4 Å². The van der Waals surface area contributed by atoms with Gasteiger partial charge in [0.25, 0.3) is 10.0 Å². The van der Waals surface area contributed by atoms with Crippen LogP contribution in [0.3, 0.4) is 0 Å². The second-order valence-electron chi connectivity index (χ2n) is 13.6. The van der Waals surface area contributed by atoms with E-state index in [1.807, 2.05) is 11.8 Å². The lowest BCUT2D eigenvalue weighted by Crippen LogP contribution is -2.37. The molecule has 2 aliphatic rings. The zero-order chi connectivity index (χ0) is 38.1. The third kappa shape index (κ3) is 8.59. The Hall–Kier alpha value is -4.29. The molecule has 1 saturated heterocycles. The molecule has 0 amide bonds. The number of phenolic OH excluding ortho intramolecular Hbond substituents is 1. The molecule has 6 rings (SSSR count). The van der Waals surface area contributed by atoms with Crippen LogP contribution in [0, 0.1) is 6.92 Å². The highest BCUT2D eigenvalue weighted by Crippen LogP contribution is 2.41. The molecule has 1 saturated carbocycles. The summed E-state index contributed by atoms with van der Waals surface area (Å²) < 4.78 is 91.2. The van der Waals surface area contributed by atoms with Crippen molar-refractivity contribution in [2.45, 2.75) is 54.7 Å². The number of rotatable bonds is 11. The van der Waals surface area contributed by atoms with Crippen LogP contribution in [-0.2, 0) is 34.8 Å². The van der Waals surface area contributed by atoms with Gasteiger partial charge >= 0.3 is 0 Å². The number of nitrogens with one attached hydrogen (secondary N) is 2. The first-order valence-electron chi connectivity index (χ1n) is 17.3. The zero-order valence-corrected chi connectivity index (χ0v) is 32.5. The van der Waals surface area contributed by atoms with Gasteiger partial charge in [0.2, 0.25) is 20.0 Å². The molecule has 0 bridgehead atoms. The van der Waals surface area contributed by atoms with E-state index in [1.54, 1.807) is 36.4 Å². The van der Waals surface area contributed by atoms with Crippen molar-refractivity contribution in [2.75, 3.05) is 61.0 Å². The van der Waals surface area contributed by atoms with Gasteiger partial charge in [-0.3, -0.25) is 9.44 Å². The monoisotopic (exact) mass is 784 g/mol. The van der Waals surface area contributed by atoms with E-state index in [2.05, 4.69) is 19.7 Å². The molecular weight excluding hydrogens is 741 g/mol. The second kappa shape index (κ2) is 15.2. The van der Waals surface area contributed by atoms with E-state index >= 15 is 0 Å². The Labute approximate surface area is 311 Å². The fourth-order valence-corrected chi connectivity index (χ4v) is 9.74. The minimum absolute atomic E-state index is 0.0364. The number of fused-ring (bicyclic) bond motifs is 1. The van der Waals surface area contributed by atoms with Gasteiger partial charge in [-0.25, -0.2) is 29.6 Å². The maximum atomic E-state index is 14.3. The molecule has 1 aliphatic carbocycles. The summed E-state index contributed by atoms with van der Waals surface area (Å²) in [5.74, 6) is 0.0862. The first-order chi connectivity index (χ1) is 25.0. The Morgan fingerprint density at radius 2 is 1.57 bits per heavy atom. The van der Waals surface area contributed by atoms with Crippen LogP contribution < -0.4 is 14.3 Å². The number of nitrogens with zero attached hydrogens (tertiary/aromatic N) is 4. The van der Waals surface area contributed by atoms with Gasteiger partial charge in [0.15, 0.2) is 0 Å². The van der Waals surface area contributed by atoms with E-state index in [4.69, 9.17) is 4.74 Å². The quantitative estimate of drug-likeness (QED) is 0.112. The van der Waals surface area contributed by atoms with Crippen molar-refractivity contribution in [1.82, 2.24) is 4.31 Å². The summed E-state index contributed by atoms with van der Waals surface area (Å²) in [7, 11) is -9.23. The summed E-state index contributed by atoms with van der Waals surface area (Å²) in [4.78, 5) is 1.69. The third-order valence-corrected chi connectivity index (χ3v) is 13.3. The number of aromatic hydroxyl groups is 1. The van der Waals surface area contributed by atoms with Crippen LogP contribution in [-0.4, -0.2) is 81.3 Å². The molecule has 0 unspecified atom stereocenters. The minimum atomic E-state index is -4.33. The largest absolute Gasteiger partial charge is 0.506 e. The van der Waals surface area contributed by atoms with Gasteiger partial charge in [-0.05, 0) is 90.7 Å². The number of phenols is 1. The molecule has 53 heavy (non-hydrogen) atoms. The SMILES string of the molecule is Cc1cc(O)c(NS(=O)(=O)c2cc(N=Nc3cc(S(=O)(=O)N(C)C)cc4cccc(NS(C)(=O)=O)c34)ccc2N2CCOCC2)cc1C1CCCCC1. The Morgan fingerprint density at radius 1 is 0.849 bits per heavy atom. The fourth-order valence-electron chi connectivity index (χ4n) is 6.90. The van der Waals surface area contributed by atoms with Gasteiger partial charge < -0.3 is 14.7 Å². The first-order valence-corrected chi connectivity index (χ1v) is 22.1. The zero-order valence-electron chi connectivity index (χ0n) is 30.0. The van der Waals surface area contributed by atoms with Crippen molar-refractivity contribution in [3.8, 4) is 5.75 Å². The lowest BCUT2D eigenvalue weighted by molar-refractivity contribution is 0.122. The molecule has 284 valence electrons. The van der Waals surface area contributed by atoms with Gasteiger partial charge in [0.1, 0.15) is 10.6 Å². The summed E-state index contributed by atoms with van der Waals surface area (Å²) in [6.45, 7) is 3.62. The Kier molecular flexibility index (Phi) is 11.0. The van der Waals surface area contributed by atoms with Crippen LogP contribution in [0.2, 0.25) is 0 Å². The highest BCUT2D eigenvalue weighted by atomic mass is 32.2. The van der Waals surface area contributed by atoms with E-state index in [0.717, 1.165) is 47.4 Å². The summed E-state index contributed by atoms with van der Waals surface area (Å²) in [5, 5.41) is 20.3. The maximum absolute atomic E-state index is 14.3. The highest BCUT2D eigenvalue weighted by Gasteiger charge is 2.27. The molecule has 17 heteroatoms. The van der Waals surface area contributed by atoms with Crippen LogP contribution in [0.1, 0.15) is 49.1 Å². The van der Waals surface area contributed by atoms with Crippen LogP contribution in [0.15, 0.2) is 80.7 Å². The average Bonchev–Trinajstić information content (AvgIpc) is 3.11. The maximum Gasteiger partial charge on any atom is 0.264 e. The molecule has 2 fully saturated rings. The normalized spacial score (nSPS) is 16.4. The van der Waals surface area contributed by atoms with Gasteiger partial charge in [-0.2, -0.15) is 5.11 Å². The summed E-state index contributed by atoms with van der Waals surface area (Å²) >= 11 is 0. The lowest BCUT2D eigenvalue weighted by atomic mass is 9.82. The van der Waals surface area contributed by atoms with E-state index in [1.165, 1.54) is 44.8 Å². The number of anilines is 3. The van der Waals surface area contributed by atoms with Crippen molar-refractivity contribution in [1.29, 1.82) is 0 Å². The third-order valence-electron chi connectivity index (χ3n) is 9.54. The van der Waals surface area contributed by atoms with Gasteiger partial charge in [0.05, 0.1) is 52.8 Å². The highest BCUT2D eigenvalue weighted by molar-refractivity contribution is 7.93. The van der Waals surface area contributed by atoms with E-state index < -0.39 is 30.1 Å². The van der Waals surface area contributed by atoms with Crippen LogP contribution in [0.5, 0.6) is 5.75 Å². The number of hydrogen-bond donors (Lipinski definition) is 3. The Bertz CT molecular complexity index is 2390. The molecule has 1 heterocycles. The van der Waals surface area contributed by atoms with Crippen molar-refractivity contribution < 1.29 is 35.1 Å². The number of morpholine rings is 1. The molecule has 3 N–H and O–H groups in total. The molecule has 4 aromatic rings. The fraction of sp³-hybridized carbons (Fsp3) is 0.389. The number of sulfonamides is 3. The Morgan fingerprint density at radius 3 is 2.25 bits per heavy atom. The van der Waals surface area contributed by atoms with Crippen molar-refractivity contribution in [2.24, 2.45) is 10.2 Å². The molecule has 0 atom stereocenters. The molecule has 14 nitrogen and oxygen atoms in total. The molecule has 4 aromatic carbocycles. The number of azo groups is 1.